The molecule has 28 heavy (non-hydrogen) atoms. The van der Waals surface area contributed by atoms with Gasteiger partial charge >= 0.3 is 0 Å². The lowest BCUT2D eigenvalue weighted by molar-refractivity contribution is 0.871. The van der Waals surface area contributed by atoms with E-state index in [1.807, 2.05) is 0 Å². The highest BCUT2D eigenvalue weighted by Crippen LogP contribution is 2.27. The van der Waals surface area contributed by atoms with Crippen LogP contribution >= 0.6 is 0 Å². The molecule has 0 aliphatic heterocycles. The van der Waals surface area contributed by atoms with Crippen LogP contribution in [-0.2, 0) is 25.7 Å². The largest absolute Gasteiger partial charge is 0.0587 e. The summed E-state index contributed by atoms with van der Waals surface area (Å²) in [5.41, 5.74) is 14.4. The van der Waals surface area contributed by atoms with Crippen molar-refractivity contribution >= 4 is 12.2 Å². The van der Waals surface area contributed by atoms with E-state index in [1.165, 1.54) is 55.6 Å². The minimum absolute atomic E-state index is 1.12. The summed E-state index contributed by atoms with van der Waals surface area (Å²) in [4.78, 5) is 0. The fourth-order valence-corrected chi connectivity index (χ4v) is 4.42. The van der Waals surface area contributed by atoms with Gasteiger partial charge in [-0.15, -0.1) is 0 Å². The Balaban J connectivity index is 1.68. The molecule has 0 heteroatoms. The van der Waals surface area contributed by atoms with Crippen LogP contribution < -0.4 is 0 Å². The summed E-state index contributed by atoms with van der Waals surface area (Å²) >= 11 is 0. The van der Waals surface area contributed by atoms with Gasteiger partial charge in [-0.05, 0) is 97.9 Å². The predicted octanol–water partition coefficient (Wildman–Crippen LogP) is 6.97. The molecule has 0 saturated heterocycles. The molecule has 142 valence electrons. The summed E-state index contributed by atoms with van der Waals surface area (Å²) in [6, 6.07) is 18.3. The van der Waals surface area contributed by atoms with Gasteiger partial charge in [0.05, 0.1) is 0 Å². The summed E-state index contributed by atoms with van der Waals surface area (Å²) in [5, 5.41) is 0. The van der Waals surface area contributed by atoms with Crippen LogP contribution in [0, 0.1) is 27.7 Å². The van der Waals surface area contributed by atoms with Crippen LogP contribution in [0.15, 0.2) is 48.5 Å². The maximum atomic E-state index is 2.40. The van der Waals surface area contributed by atoms with E-state index in [-0.39, 0.29) is 0 Å². The highest BCUT2D eigenvalue weighted by Gasteiger charge is 2.13. The van der Waals surface area contributed by atoms with Crippen molar-refractivity contribution in [3.8, 4) is 0 Å². The van der Waals surface area contributed by atoms with E-state index in [2.05, 4.69) is 88.4 Å². The number of fused-ring (bicyclic) bond motifs is 4. The summed E-state index contributed by atoms with van der Waals surface area (Å²) < 4.78 is 0. The fourth-order valence-electron chi connectivity index (χ4n) is 4.42. The minimum atomic E-state index is 1.12. The van der Waals surface area contributed by atoms with Crippen LogP contribution in [0.4, 0.5) is 0 Å². The van der Waals surface area contributed by atoms with E-state index in [4.69, 9.17) is 0 Å². The Morgan fingerprint density at radius 3 is 1.43 bits per heavy atom. The molecule has 3 aromatic carbocycles. The molecule has 4 rings (SSSR count). The molecule has 0 radical (unpaired) electrons. The van der Waals surface area contributed by atoms with Crippen molar-refractivity contribution in [1.82, 2.24) is 0 Å². The van der Waals surface area contributed by atoms with Gasteiger partial charge in [0.15, 0.2) is 0 Å². The quantitative estimate of drug-likeness (QED) is 0.429. The molecule has 0 atom stereocenters. The van der Waals surface area contributed by atoms with Crippen molar-refractivity contribution in [3.63, 3.8) is 0 Å². The number of hydrogen-bond acceptors (Lipinski definition) is 0. The normalized spacial score (nSPS) is 13.7. The molecule has 0 nitrogen and oxygen atoms in total. The van der Waals surface area contributed by atoms with Crippen molar-refractivity contribution in [2.24, 2.45) is 0 Å². The lowest BCUT2D eigenvalue weighted by Gasteiger charge is -2.19. The van der Waals surface area contributed by atoms with Crippen LogP contribution in [0.5, 0.6) is 0 Å². The lowest BCUT2D eigenvalue weighted by atomic mass is 9.86. The third kappa shape index (κ3) is 3.97. The maximum Gasteiger partial charge on any atom is -0.0235 e. The lowest BCUT2D eigenvalue weighted by Crippen LogP contribution is -2.07. The van der Waals surface area contributed by atoms with E-state index in [0.717, 1.165) is 25.7 Å². The van der Waals surface area contributed by atoms with Crippen LogP contribution in [0.25, 0.3) is 12.2 Å². The fraction of sp³-hybridized carbons (Fsp3) is 0.286. The van der Waals surface area contributed by atoms with Gasteiger partial charge in [-0.25, -0.2) is 0 Å². The third-order valence-corrected chi connectivity index (χ3v) is 6.29. The standard InChI is InChI=1S/C28H30/c1-19-5-7-23(8-6-19)9-10-24-17-27-13-11-25-15-20(2)16-26(21(25)3)12-14-28(18-24)22(27)4/h5-10,15-18H,11-14H2,1-4H3/b10-9-. The second-order valence-corrected chi connectivity index (χ2v) is 8.42. The molecule has 0 fully saturated rings. The molecule has 3 aromatic rings. The third-order valence-electron chi connectivity index (χ3n) is 6.29. The summed E-state index contributed by atoms with van der Waals surface area (Å²) in [7, 11) is 0. The molecule has 1 aliphatic rings. The van der Waals surface area contributed by atoms with E-state index in [1.54, 1.807) is 0 Å². The Bertz CT molecular complexity index is 982. The van der Waals surface area contributed by atoms with Crippen molar-refractivity contribution in [2.45, 2.75) is 53.4 Å². The number of benzene rings is 3. The predicted molar refractivity (Wildman–Crippen MR) is 122 cm³/mol. The van der Waals surface area contributed by atoms with E-state index >= 15 is 0 Å². The Kier molecular flexibility index (Phi) is 5.22. The molecule has 0 N–H and O–H groups in total. The molecular weight excluding hydrogens is 336 g/mol. The Morgan fingerprint density at radius 1 is 0.500 bits per heavy atom. The molecule has 0 unspecified atom stereocenters. The van der Waals surface area contributed by atoms with Gasteiger partial charge in [-0.1, -0.05) is 71.8 Å². The highest BCUT2D eigenvalue weighted by molar-refractivity contribution is 5.70. The zero-order chi connectivity index (χ0) is 19.7. The zero-order valence-corrected chi connectivity index (χ0v) is 17.6. The molecule has 4 bridgehead atoms. The van der Waals surface area contributed by atoms with E-state index < -0.39 is 0 Å². The molecule has 1 aliphatic carbocycles. The summed E-state index contributed by atoms with van der Waals surface area (Å²) in [6.07, 6.45) is 9.01. The monoisotopic (exact) mass is 366 g/mol. The van der Waals surface area contributed by atoms with Crippen LogP contribution in [0.3, 0.4) is 0 Å². The highest BCUT2D eigenvalue weighted by atomic mass is 14.2. The molecular formula is C28H30. The van der Waals surface area contributed by atoms with Crippen LogP contribution in [0.1, 0.15) is 55.6 Å². The second kappa shape index (κ2) is 7.80. The topological polar surface area (TPSA) is 0 Å². The first-order valence-electron chi connectivity index (χ1n) is 10.5. The van der Waals surface area contributed by atoms with Gasteiger partial charge in [-0.3, -0.25) is 0 Å². The number of rotatable bonds is 2. The van der Waals surface area contributed by atoms with Crippen molar-refractivity contribution < 1.29 is 0 Å². The van der Waals surface area contributed by atoms with Gasteiger partial charge in [-0.2, -0.15) is 0 Å². The van der Waals surface area contributed by atoms with E-state index in [9.17, 15) is 0 Å². The van der Waals surface area contributed by atoms with Gasteiger partial charge < -0.3 is 0 Å². The van der Waals surface area contributed by atoms with Crippen LogP contribution in [0.2, 0.25) is 0 Å². The van der Waals surface area contributed by atoms with Gasteiger partial charge in [0, 0.05) is 0 Å². The first-order chi connectivity index (χ1) is 13.5. The van der Waals surface area contributed by atoms with E-state index in [0.29, 0.717) is 0 Å². The summed E-state index contributed by atoms with van der Waals surface area (Å²) in [6.45, 7) is 8.99. The van der Waals surface area contributed by atoms with Gasteiger partial charge in [0.25, 0.3) is 0 Å². The van der Waals surface area contributed by atoms with Crippen molar-refractivity contribution in [3.05, 3.63) is 104 Å². The molecule has 0 heterocycles. The smallest absolute Gasteiger partial charge is 0.0235 e. The van der Waals surface area contributed by atoms with Crippen molar-refractivity contribution in [2.75, 3.05) is 0 Å². The molecule has 0 aromatic heterocycles. The van der Waals surface area contributed by atoms with Crippen molar-refractivity contribution in [1.29, 1.82) is 0 Å². The molecule has 0 spiro atoms. The molecule has 0 amide bonds. The van der Waals surface area contributed by atoms with Gasteiger partial charge in [0.1, 0.15) is 0 Å². The van der Waals surface area contributed by atoms with Crippen LogP contribution in [-0.4, -0.2) is 0 Å². The minimum Gasteiger partial charge on any atom is -0.0587 e. The Morgan fingerprint density at radius 2 is 0.929 bits per heavy atom. The number of hydrogen-bond donors (Lipinski definition) is 0. The zero-order valence-electron chi connectivity index (χ0n) is 17.6. The second-order valence-electron chi connectivity index (χ2n) is 8.42. The first kappa shape index (κ1) is 18.7. The van der Waals surface area contributed by atoms with Gasteiger partial charge in [0.2, 0.25) is 0 Å². The maximum absolute atomic E-state index is 2.40. The SMILES string of the molecule is Cc1ccc(/C=C\c2cc3c(C)c(c2)CCc2cc(C)cc(c2C)CC3)cc1. The molecule has 0 saturated carbocycles. The Labute approximate surface area is 169 Å². The summed E-state index contributed by atoms with van der Waals surface area (Å²) in [5.74, 6) is 0. The first-order valence-corrected chi connectivity index (χ1v) is 10.5. The average molecular weight is 367 g/mol. The Hall–Kier alpha value is -2.60. The average Bonchev–Trinajstić information content (AvgIpc) is 2.68. The number of aryl methyl sites for hydroxylation is 6.